The van der Waals surface area contributed by atoms with E-state index in [0.717, 1.165) is 0 Å². The molecule has 2 aromatic carbocycles. The second-order valence-corrected chi connectivity index (χ2v) is 5.71. The van der Waals surface area contributed by atoms with Crippen molar-refractivity contribution in [1.29, 1.82) is 0 Å². The van der Waals surface area contributed by atoms with Crippen LogP contribution in [0.25, 0.3) is 0 Å². The molecule has 0 fully saturated rings. The van der Waals surface area contributed by atoms with Crippen molar-refractivity contribution in [2.45, 2.75) is 20.0 Å². The summed E-state index contributed by atoms with van der Waals surface area (Å²) < 4.78 is 10.7. The van der Waals surface area contributed by atoms with E-state index >= 15 is 0 Å². The summed E-state index contributed by atoms with van der Waals surface area (Å²) in [4.78, 5) is 15.8. The van der Waals surface area contributed by atoms with Crippen LogP contribution in [0, 0.1) is 10.1 Å². The van der Waals surface area contributed by atoms with Crippen LogP contribution in [0.1, 0.15) is 31.1 Å². The molecule has 0 bridgehead atoms. The SMILES string of the molecule is CCOc1c(Cl)cc(/C=N\O[C@@H](C)c2cccc([N+](=O)[O-])c2)cc1OC. The Morgan fingerprint density at radius 2 is 2.12 bits per heavy atom. The molecule has 0 saturated carbocycles. The fourth-order valence-corrected chi connectivity index (χ4v) is 2.51. The first kappa shape index (κ1) is 19.5. The van der Waals surface area contributed by atoms with Gasteiger partial charge in [0.05, 0.1) is 29.9 Å². The molecule has 0 spiro atoms. The Labute approximate surface area is 156 Å². The summed E-state index contributed by atoms with van der Waals surface area (Å²) in [6.45, 7) is 4.07. The van der Waals surface area contributed by atoms with Crippen LogP contribution in [0.5, 0.6) is 11.5 Å². The third-order valence-corrected chi connectivity index (χ3v) is 3.79. The zero-order chi connectivity index (χ0) is 19.1. The Morgan fingerprint density at radius 3 is 2.77 bits per heavy atom. The van der Waals surface area contributed by atoms with Crippen LogP contribution >= 0.6 is 11.6 Å². The molecule has 2 aromatic rings. The molecule has 0 aliphatic carbocycles. The Bertz CT molecular complexity index is 810. The highest BCUT2D eigenvalue weighted by molar-refractivity contribution is 6.32. The second-order valence-electron chi connectivity index (χ2n) is 5.30. The van der Waals surface area contributed by atoms with Gasteiger partial charge in [0.15, 0.2) is 11.5 Å². The molecule has 0 amide bonds. The van der Waals surface area contributed by atoms with E-state index in [1.165, 1.54) is 25.5 Å². The zero-order valence-electron chi connectivity index (χ0n) is 14.6. The van der Waals surface area contributed by atoms with E-state index < -0.39 is 11.0 Å². The molecule has 0 heterocycles. The van der Waals surface area contributed by atoms with E-state index in [1.54, 1.807) is 31.2 Å². The number of nitro benzene ring substituents is 1. The van der Waals surface area contributed by atoms with Crippen LogP contribution in [0.3, 0.4) is 0 Å². The minimum atomic E-state index is -0.453. The molecule has 0 aliphatic heterocycles. The van der Waals surface area contributed by atoms with Gasteiger partial charge in [0.2, 0.25) is 0 Å². The first-order valence-corrected chi connectivity index (χ1v) is 8.28. The van der Waals surface area contributed by atoms with Crippen molar-refractivity contribution in [2.24, 2.45) is 5.16 Å². The third kappa shape index (κ3) is 4.86. The Morgan fingerprint density at radius 1 is 1.35 bits per heavy atom. The Kier molecular flexibility index (Phi) is 6.80. The quantitative estimate of drug-likeness (QED) is 0.375. The van der Waals surface area contributed by atoms with Crippen molar-refractivity contribution in [3.63, 3.8) is 0 Å². The molecule has 8 heteroatoms. The average molecular weight is 379 g/mol. The van der Waals surface area contributed by atoms with E-state index in [1.807, 2.05) is 6.92 Å². The van der Waals surface area contributed by atoms with E-state index in [0.29, 0.717) is 34.3 Å². The molecule has 0 radical (unpaired) electrons. The van der Waals surface area contributed by atoms with Gasteiger partial charge in [-0.25, -0.2) is 0 Å². The van der Waals surface area contributed by atoms with Gasteiger partial charge in [0, 0.05) is 23.3 Å². The van der Waals surface area contributed by atoms with Crippen molar-refractivity contribution in [1.82, 2.24) is 0 Å². The maximum atomic E-state index is 10.8. The second kappa shape index (κ2) is 9.05. The molecule has 7 nitrogen and oxygen atoms in total. The smallest absolute Gasteiger partial charge is 0.269 e. The highest BCUT2D eigenvalue weighted by Gasteiger charge is 2.13. The van der Waals surface area contributed by atoms with Crippen molar-refractivity contribution in [2.75, 3.05) is 13.7 Å². The molecule has 26 heavy (non-hydrogen) atoms. The summed E-state index contributed by atoms with van der Waals surface area (Å²) in [5.74, 6) is 0.965. The summed E-state index contributed by atoms with van der Waals surface area (Å²) >= 11 is 6.21. The molecule has 0 saturated heterocycles. The standard InChI is InChI=1S/C18H19ClN2O5/c1-4-25-18-16(19)8-13(9-17(18)24-3)11-20-26-12(2)14-6-5-7-15(10-14)21(22)23/h5-12H,4H2,1-3H3/b20-11-/t12-/m0/s1. The summed E-state index contributed by atoms with van der Waals surface area (Å²) in [7, 11) is 1.52. The van der Waals surface area contributed by atoms with Gasteiger partial charge in [-0.3, -0.25) is 10.1 Å². The topological polar surface area (TPSA) is 83.2 Å². The molecule has 2 rings (SSSR count). The van der Waals surface area contributed by atoms with E-state index in [-0.39, 0.29) is 5.69 Å². The van der Waals surface area contributed by atoms with Crippen molar-refractivity contribution < 1.29 is 19.2 Å². The largest absolute Gasteiger partial charge is 0.493 e. The molecule has 0 unspecified atom stereocenters. The molecule has 0 aliphatic rings. The van der Waals surface area contributed by atoms with Crippen molar-refractivity contribution in [3.8, 4) is 11.5 Å². The lowest BCUT2D eigenvalue weighted by atomic mass is 10.1. The fourth-order valence-electron chi connectivity index (χ4n) is 2.23. The highest BCUT2D eigenvalue weighted by Crippen LogP contribution is 2.36. The fraction of sp³-hybridized carbons (Fsp3) is 0.278. The van der Waals surface area contributed by atoms with Crippen LogP contribution in [0.15, 0.2) is 41.6 Å². The number of non-ortho nitro benzene ring substituents is 1. The van der Waals surface area contributed by atoms with Gasteiger partial charge in [0.1, 0.15) is 6.10 Å². The minimum Gasteiger partial charge on any atom is -0.493 e. The summed E-state index contributed by atoms with van der Waals surface area (Å²) in [5, 5.41) is 15.2. The van der Waals surface area contributed by atoms with Gasteiger partial charge in [-0.1, -0.05) is 28.9 Å². The van der Waals surface area contributed by atoms with Crippen LogP contribution in [-0.2, 0) is 4.84 Å². The molecule has 0 N–H and O–H groups in total. The maximum absolute atomic E-state index is 10.8. The van der Waals surface area contributed by atoms with Crippen LogP contribution < -0.4 is 9.47 Å². The number of hydrogen-bond acceptors (Lipinski definition) is 6. The monoisotopic (exact) mass is 378 g/mol. The molecular formula is C18H19ClN2O5. The first-order valence-electron chi connectivity index (χ1n) is 7.90. The number of oxime groups is 1. The molecule has 0 aromatic heterocycles. The third-order valence-electron chi connectivity index (χ3n) is 3.51. The lowest BCUT2D eigenvalue weighted by molar-refractivity contribution is -0.385. The summed E-state index contributed by atoms with van der Waals surface area (Å²) in [6, 6.07) is 9.63. The van der Waals surface area contributed by atoms with Crippen molar-refractivity contribution >= 4 is 23.5 Å². The van der Waals surface area contributed by atoms with E-state index in [2.05, 4.69) is 5.16 Å². The maximum Gasteiger partial charge on any atom is 0.269 e. The number of ether oxygens (including phenoxy) is 2. The molecule has 138 valence electrons. The summed E-state index contributed by atoms with van der Waals surface area (Å²) in [6.07, 6.45) is 1.03. The van der Waals surface area contributed by atoms with Gasteiger partial charge in [-0.2, -0.15) is 0 Å². The summed E-state index contributed by atoms with van der Waals surface area (Å²) in [5.41, 5.74) is 1.32. The zero-order valence-corrected chi connectivity index (χ0v) is 15.4. The van der Waals surface area contributed by atoms with E-state index in [4.69, 9.17) is 25.9 Å². The number of halogens is 1. The Balaban J connectivity index is 2.11. The number of nitro groups is 1. The number of methoxy groups -OCH3 is 1. The van der Waals surface area contributed by atoms with Crippen molar-refractivity contribution in [3.05, 3.63) is 62.7 Å². The van der Waals surface area contributed by atoms with Gasteiger partial charge in [0.25, 0.3) is 5.69 Å². The van der Waals surface area contributed by atoms with Crippen LogP contribution in [-0.4, -0.2) is 24.9 Å². The number of hydrogen-bond donors (Lipinski definition) is 0. The first-order chi connectivity index (χ1) is 12.5. The number of rotatable bonds is 8. The lowest BCUT2D eigenvalue weighted by Gasteiger charge is -2.12. The van der Waals surface area contributed by atoms with Crippen LogP contribution in [0.2, 0.25) is 5.02 Å². The predicted molar refractivity (Wildman–Crippen MR) is 99.4 cm³/mol. The number of benzene rings is 2. The van der Waals surface area contributed by atoms with Gasteiger partial charge < -0.3 is 14.3 Å². The number of nitrogens with zero attached hydrogens (tertiary/aromatic N) is 2. The van der Waals surface area contributed by atoms with Gasteiger partial charge in [-0.15, -0.1) is 0 Å². The van der Waals surface area contributed by atoms with Gasteiger partial charge >= 0.3 is 0 Å². The minimum absolute atomic E-state index is 0.00459. The normalized spacial score (nSPS) is 12.0. The van der Waals surface area contributed by atoms with E-state index in [9.17, 15) is 10.1 Å². The molecule has 1 atom stereocenters. The van der Waals surface area contributed by atoms with Crippen LogP contribution in [0.4, 0.5) is 5.69 Å². The lowest BCUT2D eigenvalue weighted by Crippen LogP contribution is -1.99. The average Bonchev–Trinajstić information content (AvgIpc) is 2.63. The predicted octanol–water partition coefficient (Wildman–Crippen LogP) is 4.77. The van der Waals surface area contributed by atoms with Gasteiger partial charge in [-0.05, 0) is 26.0 Å². The molecular weight excluding hydrogens is 360 g/mol. The highest BCUT2D eigenvalue weighted by atomic mass is 35.5. The Hall–Kier alpha value is -2.80.